The molecule has 0 aliphatic heterocycles. The Labute approximate surface area is 115 Å². The Morgan fingerprint density at radius 1 is 1.28 bits per heavy atom. The predicted molar refractivity (Wildman–Crippen MR) is 74.2 cm³/mol. The number of aromatic nitrogens is 2. The van der Waals surface area contributed by atoms with Gasteiger partial charge in [0.15, 0.2) is 5.16 Å². The second kappa shape index (κ2) is 5.59. The van der Waals surface area contributed by atoms with Crippen molar-refractivity contribution >= 4 is 23.4 Å². The van der Waals surface area contributed by atoms with E-state index < -0.39 is 0 Å². The van der Waals surface area contributed by atoms with E-state index in [1.54, 1.807) is 0 Å². The molecule has 0 aliphatic carbocycles. The van der Waals surface area contributed by atoms with Crippen molar-refractivity contribution in [3.05, 3.63) is 46.1 Å². The molecule has 0 fully saturated rings. The maximum absolute atomic E-state index is 9.40. The normalized spacial score (nSPS) is 10.6. The van der Waals surface area contributed by atoms with E-state index in [0.717, 1.165) is 21.8 Å². The minimum absolute atomic E-state index is 0.000314. The average Bonchev–Trinajstić information content (AvgIpc) is 2.30. The lowest BCUT2D eigenvalue weighted by molar-refractivity contribution is 0.444. The molecule has 1 N–H and O–H groups in total. The van der Waals surface area contributed by atoms with Crippen LogP contribution in [0.25, 0.3) is 0 Å². The lowest BCUT2D eigenvalue weighted by atomic mass is 10.2. The number of rotatable bonds is 3. The van der Waals surface area contributed by atoms with Gasteiger partial charge in [-0.15, -0.1) is 0 Å². The van der Waals surface area contributed by atoms with Crippen LogP contribution in [0.3, 0.4) is 0 Å². The summed E-state index contributed by atoms with van der Waals surface area (Å²) in [6.45, 7) is 3.80. The van der Waals surface area contributed by atoms with E-state index >= 15 is 0 Å². The number of benzene rings is 1. The molecule has 0 spiro atoms. The van der Waals surface area contributed by atoms with Gasteiger partial charge >= 0.3 is 0 Å². The molecule has 0 unspecified atom stereocenters. The van der Waals surface area contributed by atoms with Gasteiger partial charge in [0.2, 0.25) is 5.88 Å². The molecule has 18 heavy (non-hydrogen) atoms. The molecule has 0 saturated carbocycles. The molecule has 0 aliphatic rings. The SMILES string of the molecule is Cc1cc(O)nc(SCc2cccc(C)c2Cl)n1. The molecule has 0 atom stereocenters. The smallest absolute Gasteiger partial charge is 0.215 e. The van der Waals surface area contributed by atoms with Gasteiger partial charge in [-0.2, -0.15) is 4.98 Å². The van der Waals surface area contributed by atoms with E-state index in [4.69, 9.17) is 11.6 Å². The standard InChI is InChI=1S/C13H13ClN2OS/c1-8-4-3-5-10(12(8)14)7-18-13-15-9(2)6-11(17)16-13/h3-6H,7H2,1-2H3,(H,15,16,17). The van der Waals surface area contributed by atoms with Crippen LogP contribution in [0.2, 0.25) is 5.02 Å². The molecule has 1 aromatic carbocycles. The van der Waals surface area contributed by atoms with E-state index in [1.165, 1.54) is 17.8 Å². The van der Waals surface area contributed by atoms with Crippen LogP contribution in [0, 0.1) is 13.8 Å². The van der Waals surface area contributed by atoms with Crippen molar-refractivity contribution in [3.8, 4) is 5.88 Å². The molecule has 2 aromatic rings. The molecular formula is C13H13ClN2OS. The summed E-state index contributed by atoms with van der Waals surface area (Å²) in [6, 6.07) is 7.47. The van der Waals surface area contributed by atoms with E-state index in [9.17, 15) is 5.11 Å². The molecule has 2 rings (SSSR count). The Balaban J connectivity index is 2.14. The molecule has 0 saturated heterocycles. The van der Waals surface area contributed by atoms with Crippen molar-refractivity contribution in [1.29, 1.82) is 0 Å². The van der Waals surface area contributed by atoms with Crippen LogP contribution in [0.5, 0.6) is 5.88 Å². The van der Waals surface area contributed by atoms with Crippen molar-refractivity contribution in [2.75, 3.05) is 0 Å². The molecular weight excluding hydrogens is 268 g/mol. The molecule has 0 radical (unpaired) electrons. The third kappa shape index (κ3) is 3.15. The van der Waals surface area contributed by atoms with E-state index in [-0.39, 0.29) is 5.88 Å². The van der Waals surface area contributed by atoms with Crippen molar-refractivity contribution in [2.24, 2.45) is 0 Å². The fourth-order valence-corrected chi connectivity index (χ4v) is 2.72. The first-order valence-electron chi connectivity index (χ1n) is 5.47. The Morgan fingerprint density at radius 2 is 2.06 bits per heavy atom. The topological polar surface area (TPSA) is 46.0 Å². The van der Waals surface area contributed by atoms with Crippen molar-refractivity contribution in [3.63, 3.8) is 0 Å². The first kappa shape index (κ1) is 13.2. The summed E-state index contributed by atoms with van der Waals surface area (Å²) in [7, 11) is 0. The van der Waals surface area contributed by atoms with Crippen LogP contribution < -0.4 is 0 Å². The Morgan fingerprint density at radius 3 is 2.78 bits per heavy atom. The van der Waals surface area contributed by atoms with Crippen molar-refractivity contribution < 1.29 is 5.11 Å². The molecule has 1 aromatic heterocycles. The van der Waals surface area contributed by atoms with Crippen LogP contribution in [0.15, 0.2) is 29.4 Å². The third-order valence-electron chi connectivity index (χ3n) is 2.45. The number of hydrogen-bond donors (Lipinski definition) is 1. The summed E-state index contributed by atoms with van der Waals surface area (Å²) in [5.41, 5.74) is 2.86. The highest BCUT2D eigenvalue weighted by molar-refractivity contribution is 7.98. The second-order valence-corrected chi connectivity index (χ2v) is 5.31. The van der Waals surface area contributed by atoms with Crippen LogP contribution in [0.1, 0.15) is 16.8 Å². The summed E-state index contributed by atoms with van der Waals surface area (Å²) >= 11 is 7.68. The monoisotopic (exact) mass is 280 g/mol. The summed E-state index contributed by atoms with van der Waals surface area (Å²) in [4.78, 5) is 8.22. The maximum atomic E-state index is 9.40. The van der Waals surface area contributed by atoms with Crippen molar-refractivity contribution in [2.45, 2.75) is 24.8 Å². The highest BCUT2D eigenvalue weighted by atomic mass is 35.5. The molecule has 1 heterocycles. The fraction of sp³-hybridized carbons (Fsp3) is 0.231. The highest BCUT2D eigenvalue weighted by Crippen LogP contribution is 2.27. The largest absolute Gasteiger partial charge is 0.493 e. The van der Waals surface area contributed by atoms with Gasteiger partial charge in [-0.05, 0) is 25.0 Å². The van der Waals surface area contributed by atoms with E-state index in [0.29, 0.717) is 10.9 Å². The zero-order valence-electron chi connectivity index (χ0n) is 10.1. The highest BCUT2D eigenvalue weighted by Gasteiger charge is 2.06. The number of aromatic hydroxyl groups is 1. The first-order chi connectivity index (χ1) is 8.56. The van der Waals surface area contributed by atoms with Gasteiger partial charge in [-0.25, -0.2) is 4.98 Å². The van der Waals surface area contributed by atoms with Crippen LogP contribution in [0.4, 0.5) is 0 Å². The number of aryl methyl sites for hydroxylation is 2. The van der Waals surface area contributed by atoms with Crippen LogP contribution >= 0.6 is 23.4 Å². The lowest BCUT2D eigenvalue weighted by Crippen LogP contribution is -1.91. The summed E-state index contributed by atoms with van der Waals surface area (Å²) in [5, 5.41) is 10.7. The number of halogens is 1. The van der Waals surface area contributed by atoms with Crippen LogP contribution in [-0.2, 0) is 5.75 Å². The number of hydrogen-bond acceptors (Lipinski definition) is 4. The van der Waals surface area contributed by atoms with Gasteiger partial charge in [0, 0.05) is 22.5 Å². The van der Waals surface area contributed by atoms with Gasteiger partial charge in [0.1, 0.15) is 0 Å². The average molecular weight is 281 g/mol. The summed E-state index contributed by atoms with van der Waals surface area (Å²) in [6.07, 6.45) is 0. The van der Waals surface area contributed by atoms with Gasteiger partial charge in [-0.3, -0.25) is 0 Å². The first-order valence-corrected chi connectivity index (χ1v) is 6.84. The number of nitrogens with zero attached hydrogens (tertiary/aromatic N) is 2. The Kier molecular flexibility index (Phi) is 4.09. The van der Waals surface area contributed by atoms with Gasteiger partial charge in [0.05, 0.1) is 0 Å². The minimum Gasteiger partial charge on any atom is -0.493 e. The summed E-state index contributed by atoms with van der Waals surface area (Å²) in [5.74, 6) is 0.684. The van der Waals surface area contributed by atoms with Gasteiger partial charge in [-0.1, -0.05) is 41.6 Å². The number of thioether (sulfide) groups is 1. The minimum atomic E-state index is 0.000314. The fourth-order valence-electron chi connectivity index (χ4n) is 1.55. The summed E-state index contributed by atoms with van der Waals surface area (Å²) < 4.78 is 0. The molecule has 94 valence electrons. The molecule has 5 heteroatoms. The lowest BCUT2D eigenvalue weighted by Gasteiger charge is -2.06. The molecule has 3 nitrogen and oxygen atoms in total. The Bertz CT molecular complexity index is 555. The quantitative estimate of drug-likeness (QED) is 0.687. The molecule has 0 bridgehead atoms. The van der Waals surface area contributed by atoms with Crippen LogP contribution in [-0.4, -0.2) is 15.1 Å². The van der Waals surface area contributed by atoms with E-state index in [2.05, 4.69) is 9.97 Å². The zero-order chi connectivity index (χ0) is 13.1. The predicted octanol–water partition coefficient (Wildman–Crippen LogP) is 3.74. The third-order valence-corrected chi connectivity index (χ3v) is 3.89. The van der Waals surface area contributed by atoms with Crippen molar-refractivity contribution in [1.82, 2.24) is 9.97 Å². The molecule has 0 amide bonds. The van der Waals surface area contributed by atoms with Gasteiger partial charge in [0.25, 0.3) is 0 Å². The van der Waals surface area contributed by atoms with Gasteiger partial charge < -0.3 is 5.11 Å². The Hall–Kier alpha value is -1.26. The second-order valence-electron chi connectivity index (χ2n) is 3.99. The zero-order valence-corrected chi connectivity index (χ0v) is 11.7. The maximum Gasteiger partial charge on any atom is 0.215 e. The van der Waals surface area contributed by atoms with E-state index in [1.807, 2.05) is 32.0 Å².